The van der Waals surface area contributed by atoms with E-state index < -0.39 is 0 Å². The molecule has 0 aliphatic heterocycles. The number of aromatic nitrogens is 2. The normalized spacial score (nSPS) is 10.2. The van der Waals surface area contributed by atoms with Gasteiger partial charge in [0.2, 0.25) is 11.2 Å². The first-order valence-corrected chi connectivity index (χ1v) is 5.26. The Morgan fingerprint density at radius 2 is 1.94 bits per heavy atom. The van der Waals surface area contributed by atoms with Gasteiger partial charge in [0.1, 0.15) is 5.75 Å². The summed E-state index contributed by atoms with van der Waals surface area (Å²) in [5.74, 6) is 1.20. The van der Waals surface area contributed by atoms with Crippen LogP contribution in [0.3, 0.4) is 0 Å². The van der Waals surface area contributed by atoms with Gasteiger partial charge in [0, 0.05) is 12.3 Å². The van der Waals surface area contributed by atoms with Crippen molar-refractivity contribution in [2.45, 2.75) is 13.8 Å². The highest BCUT2D eigenvalue weighted by atomic mass is 35.5. The van der Waals surface area contributed by atoms with Gasteiger partial charge >= 0.3 is 0 Å². The minimum absolute atomic E-state index is 0.182. The van der Waals surface area contributed by atoms with Crippen molar-refractivity contribution < 1.29 is 4.74 Å². The zero-order valence-electron chi connectivity index (χ0n) is 9.07. The predicted molar refractivity (Wildman–Crippen MR) is 63.0 cm³/mol. The number of halogens is 1. The molecule has 0 atom stereocenters. The van der Waals surface area contributed by atoms with Crippen molar-refractivity contribution in [1.82, 2.24) is 9.97 Å². The van der Waals surface area contributed by atoms with E-state index in [0.29, 0.717) is 5.88 Å². The van der Waals surface area contributed by atoms with E-state index in [2.05, 4.69) is 16.9 Å². The highest BCUT2D eigenvalue weighted by Crippen LogP contribution is 2.22. The molecule has 0 spiro atoms. The number of aryl methyl sites for hydroxylation is 2. The highest BCUT2D eigenvalue weighted by molar-refractivity contribution is 6.28. The van der Waals surface area contributed by atoms with Crippen molar-refractivity contribution >= 4 is 11.6 Å². The van der Waals surface area contributed by atoms with Crippen molar-refractivity contribution in [3.05, 3.63) is 46.9 Å². The number of ether oxygens (including phenoxy) is 1. The molecule has 1 aromatic heterocycles. The summed E-state index contributed by atoms with van der Waals surface area (Å²) in [6, 6.07) is 7.54. The summed E-state index contributed by atoms with van der Waals surface area (Å²) in [6.07, 6.45) is 1.56. The van der Waals surface area contributed by atoms with E-state index in [9.17, 15) is 0 Å². The van der Waals surface area contributed by atoms with Crippen LogP contribution >= 0.6 is 11.6 Å². The Balaban J connectivity index is 2.24. The Morgan fingerprint density at radius 3 is 2.62 bits per heavy atom. The van der Waals surface area contributed by atoms with E-state index in [1.807, 2.05) is 25.1 Å². The van der Waals surface area contributed by atoms with Crippen LogP contribution in [-0.2, 0) is 0 Å². The lowest BCUT2D eigenvalue weighted by molar-refractivity contribution is 0.461. The quantitative estimate of drug-likeness (QED) is 0.746. The molecule has 2 aromatic rings. The molecule has 1 heterocycles. The summed E-state index contributed by atoms with van der Waals surface area (Å²) in [5.41, 5.74) is 2.41. The maximum Gasteiger partial charge on any atom is 0.225 e. The monoisotopic (exact) mass is 234 g/mol. The Labute approximate surface area is 99.1 Å². The fourth-order valence-electron chi connectivity index (χ4n) is 1.27. The van der Waals surface area contributed by atoms with Crippen molar-refractivity contribution in [3.63, 3.8) is 0 Å². The molecule has 0 saturated heterocycles. The fraction of sp³-hybridized carbons (Fsp3) is 0.167. The number of rotatable bonds is 2. The minimum atomic E-state index is 0.182. The largest absolute Gasteiger partial charge is 0.439 e. The van der Waals surface area contributed by atoms with Crippen LogP contribution in [0.4, 0.5) is 0 Å². The van der Waals surface area contributed by atoms with E-state index in [1.54, 1.807) is 12.3 Å². The molecule has 0 amide bonds. The molecule has 0 bridgehead atoms. The van der Waals surface area contributed by atoms with Gasteiger partial charge in [-0.15, -0.1) is 0 Å². The van der Waals surface area contributed by atoms with E-state index in [1.165, 1.54) is 11.1 Å². The van der Waals surface area contributed by atoms with Crippen molar-refractivity contribution in [3.8, 4) is 11.6 Å². The van der Waals surface area contributed by atoms with Crippen molar-refractivity contribution in [1.29, 1.82) is 0 Å². The van der Waals surface area contributed by atoms with Gasteiger partial charge in [0.15, 0.2) is 0 Å². The molecule has 0 unspecified atom stereocenters. The van der Waals surface area contributed by atoms with Gasteiger partial charge in [0.05, 0.1) is 0 Å². The van der Waals surface area contributed by atoms with Crippen LogP contribution < -0.4 is 4.74 Å². The zero-order valence-corrected chi connectivity index (χ0v) is 9.82. The SMILES string of the molecule is Cc1ccc(Oc2ccnc(Cl)n2)cc1C. The number of nitrogens with zero attached hydrogens (tertiary/aromatic N) is 2. The fourth-order valence-corrected chi connectivity index (χ4v) is 1.41. The van der Waals surface area contributed by atoms with Gasteiger partial charge < -0.3 is 4.74 Å². The smallest absolute Gasteiger partial charge is 0.225 e. The minimum Gasteiger partial charge on any atom is -0.439 e. The average Bonchev–Trinajstić information content (AvgIpc) is 2.24. The summed E-state index contributed by atoms with van der Waals surface area (Å²) < 4.78 is 5.56. The molecule has 3 nitrogen and oxygen atoms in total. The zero-order chi connectivity index (χ0) is 11.5. The maximum absolute atomic E-state index is 5.67. The second-order valence-corrected chi connectivity index (χ2v) is 3.85. The van der Waals surface area contributed by atoms with Crippen molar-refractivity contribution in [2.75, 3.05) is 0 Å². The van der Waals surface area contributed by atoms with Crippen LogP contribution in [0.2, 0.25) is 5.28 Å². The summed E-state index contributed by atoms with van der Waals surface area (Å²) in [4.78, 5) is 7.74. The predicted octanol–water partition coefficient (Wildman–Crippen LogP) is 3.54. The second kappa shape index (κ2) is 4.49. The van der Waals surface area contributed by atoms with E-state index in [0.717, 1.165) is 5.75 Å². The van der Waals surface area contributed by atoms with E-state index in [-0.39, 0.29) is 5.28 Å². The third kappa shape index (κ3) is 2.49. The molecular formula is C12H11ClN2O. The summed E-state index contributed by atoms with van der Waals surface area (Å²) in [5, 5.41) is 0.182. The van der Waals surface area contributed by atoms with Gasteiger partial charge in [-0.1, -0.05) is 6.07 Å². The first-order valence-electron chi connectivity index (χ1n) is 4.89. The Morgan fingerprint density at radius 1 is 1.12 bits per heavy atom. The molecule has 4 heteroatoms. The van der Waals surface area contributed by atoms with Crippen molar-refractivity contribution in [2.24, 2.45) is 0 Å². The van der Waals surface area contributed by atoms with Gasteiger partial charge in [-0.05, 0) is 48.7 Å². The number of hydrogen-bond acceptors (Lipinski definition) is 3. The van der Waals surface area contributed by atoms with Gasteiger partial charge in [0.25, 0.3) is 0 Å². The molecule has 0 saturated carbocycles. The molecule has 16 heavy (non-hydrogen) atoms. The summed E-state index contributed by atoms with van der Waals surface area (Å²) in [6.45, 7) is 4.09. The van der Waals surface area contributed by atoms with Gasteiger partial charge in [-0.25, -0.2) is 4.98 Å². The Kier molecular flexibility index (Phi) is 3.06. The van der Waals surface area contributed by atoms with E-state index in [4.69, 9.17) is 16.3 Å². The number of benzene rings is 1. The van der Waals surface area contributed by atoms with E-state index >= 15 is 0 Å². The first-order chi connectivity index (χ1) is 7.65. The highest BCUT2D eigenvalue weighted by Gasteiger charge is 2.01. The topological polar surface area (TPSA) is 35.0 Å². The molecule has 82 valence electrons. The Hall–Kier alpha value is -1.61. The first kappa shape index (κ1) is 10.9. The molecule has 1 aromatic carbocycles. The molecule has 0 aliphatic carbocycles. The summed E-state index contributed by atoms with van der Waals surface area (Å²) in [7, 11) is 0. The van der Waals surface area contributed by atoms with Crippen LogP contribution in [0.15, 0.2) is 30.5 Å². The third-order valence-electron chi connectivity index (χ3n) is 2.30. The van der Waals surface area contributed by atoms with Crippen LogP contribution in [0.5, 0.6) is 11.6 Å². The second-order valence-electron chi connectivity index (χ2n) is 3.51. The average molecular weight is 235 g/mol. The van der Waals surface area contributed by atoms with Crippen LogP contribution in [0.1, 0.15) is 11.1 Å². The lowest BCUT2D eigenvalue weighted by Crippen LogP contribution is -1.90. The molecular weight excluding hydrogens is 224 g/mol. The van der Waals surface area contributed by atoms with Crippen LogP contribution in [0.25, 0.3) is 0 Å². The lowest BCUT2D eigenvalue weighted by atomic mass is 10.1. The molecule has 0 aliphatic rings. The summed E-state index contributed by atoms with van der Waals surface area (Å²) >= 11 is 5.67. The van der Waals surface area contributed by atoms with Gasteiger partial charge in [-0.2, -0.15) is 4.98 Å². The molecule has 0 radical (unpaired) electrons. The lowest BCUT2D eigenvalue weighted by Gasteiger charge is -2.06. The maximum atomic E-state index is 5.67. The Bertz CT molecular complexity index is 514. The van der Waals surface area contributed by atoms with Crippen LogP contribution in [-0.4, -0.2) is 9.97 Å². The van der Waals surface area contributed by atoms with Gasteiger partial charge in [-0.3, -0.25) is 0 Å². The molecule has 0 fully saturated rings. The number of hydrogen-bond donors (Lipinski definition) is 0. The molecule has 2 rings (SSSR count). The molecule has 0 N–H and O–H groups in total. The standard InChI is InChI=1S/C12H11ClN2O/c1-8-3-4-10(7-9(8)2)16-11-5-6-14-12(13)15-11/h3-7H,1-2H3. The third-order valence-corrected chi connectivity index (χ3v) is 2.48. The van der Waals surface area contributed by atoms with Crippen LogP contribution in [0, 0.1) is 13.8 Å².